The van der Waals surface area contributed by atoms with Crippen LogP contribution in [0.1, 0.15) is 15.9 Å². The van der Waals surface area contributed by atoms with Gasteiger partial charge < -0.3 is 25.1 Å². The number of carboxylic acids is 1. The summed E-state index contributed by atoms with van der Waals surface area (Å²) >= 11 is 0. The van der Waals surface area contributed by atoms with E-state index in [-0.39, 0.29) is 24.7 Å². The largest absolute Gasteiger partial charge is 0.489 e. The van der Waals surface area contributed by atoms with E-state index >= 15 is 0 Å². The number of fused-ring (bicyclic) bond motifs is 1. The molecule has 0 saturated carbocycles. The Morgan fingerprint density at radius 2 is 2.05 bits per heavy atom. The van der Waals surface area contributed by atoms with Gasteiger partial charge in [-0.1, -0.05) is 12.1 Å². The Balaban J connectivity index is 1.79. The van der Waals surface area contributed by atoms with Crippen LogP contribution in [0.4, 0.5) is 5.69 Å². The Kier molecular flexibility index (Phi) is 3.27. The fourth-order valence-electron chi connectivity index (χ4n) is 2.13. The number of aromatic carboxylic acids is 1. The van der Waals surface area contributed by atoms with Crippen LogP contribution < -0.4 is 19.9 Å². The fraction of sp³-hybridized carbons (Fsp3) is 0.133. The number of anilines is 1. The van der Waals surface area contributed by atoms with E-state index in [0.717, 1.165) is 0 Å². The number of hydrogen-bond donors (Lipinski definition) is 2. The first kappa shape index (κ1) is 13.1. The summed E-state index contributed by atoms with van der Waals surface area (Å²) in [6.07, 6.45) is 0. The Bertz CT molecular complexity index is 698. The zero-order valence-corrected chi connectivity index (χ0v) is 11.0. The van der Waals surface area contributed by atoms with Gasteiger partial charge >= 0.3 is 5.97 Å². The molecule has 2 aromatic carbocycles. The summed E-state index contributed by atoms with van der Waals surface area (Å²) in [6, 6.07) is 10.1. The van der Waals surface area contributed by atoms with E-state index in [1.165, 1.54) is 0 Å². The van der Waals surface area contributed by atoms with Crippen LogP contribution in [0, 0.1) is 0 Å². The molecule has 0 aromatic heterocycles. The summed E-state index contributed by atoms with van der Waals surface area (Å²) in [4.78, 5) is 11.2. The minimum atomic E-state index is -1.07. The molecule has 0 aliphatic carbocycles. The third-order valence-electron chi connectivity index (χ3n) is 3.14. The molecule has 6 nitrogen and oxygen atoms in total. The van der Waals surface area contributed by atoms with Gasteiger partial charge in [-0.2, -0.15) is 0 Å². The number of nitrogens with two attached hydrogens (primary N) is 1. The number of hydrogen-bond acceptors (Lipinski definition) is 5. The van der Waals surface area contributed by atoms with Crippen LogP contribution in [0.2, 0.25) is 0 Å². The van der Waals surface area contributed by atoms with Gasteiger partial charge in [0, 0.05) is 17.3 Å². The Morgan fingerprint density at radius 1 is 1.24 bits per heavy atom. The average molecular weight is 287 g/mol. The Morgan fingerprint density at radius 3 is 2.86 bits per heavy atom. The SMILES string of the molecule is Nc1cccc(COc2ccc3c(c2)OCO3)c1C(=O)O. The van der Waals surface area contributed by atoms with Crippen LogP contribution in [0.5, 0.6) is 17.2 Å². The molecule has 0 unspecified atom stereocenters. The molecule has 21 heavy (non-hydrogen) atoms. The third kappa shape index (κ3) is 2.55. The van der Waals surface area contributed by atoms with E-state index in [9.17, 15) is 9.90 Å². The van der Waals surface area contributed by atoms with Crippen molar-refractivity contribution in [1.82, 2.24) is 0 Å². The van der Waals surface area contributed by atoms with Crippen LogP contribution in [-0.2, 0) is 6.61 Å². The average Bonchev–Trinajstić information content (AvgIpc) is 2.92. The molecule has 0 spiro atoms. The Hall–Kier alpha value is -2.89. The zero-order chi connectivity index (χ0) is 14.8. The van der Waals surface area contributed by atoms with Crippen LogP contribution in [0.25, 0.3) is 0 Å². The predicted octanol–water partition coefficient (Wildman–Crippen LogP) is 2.27. The van der Waals surface area contributed by atoms with E-state index in [4.69, 9.17) is 19.9 Å². The number of carboxylic acid groups (broad SMARTS) is 1. The molecule has 0 radical (unpaired) electrons. The number of benzene rings is 2. The lowest BCUT2D eigenvalue weighted by Crippen LogP contribution is -2.09. The van der Waals surface area contributed by atoms with Crippen molar-refractivity contribution in [2.45, 2.75) is 6.61 Å². The summed E-state index contributed by atoms with van der Waals surface area (Å²) in [7, 11) is 0. The highest BCUT2D eigenvalue weighted by atomic mass is 16.7. The molecule has 108 valence electrons. The first-order valence-electron chi connectivity index (χ1n) is 6.28. The second-order valence-corrected chi connectivity index (χ2v) is 4.49. The minimum Gasteiger partial charge on any atom is -0.489 e. The van der Waals surface area contributed by atoms with Gasteiger partial charge in [0.25, 0.3) is 0 Å². The lowest BCUT2D eigenvalue weighted by molar-refractivity contribution is 0.0695. The highest BCUT2D eigenvalue weighted by Gasteiger charge is 2.16. The van der Waals surface area contributed by atoms with Gasteiger partial charge in [-0.3, -0.25) is 0 Å². The van der Waals surface area contributed by atoms with Crippen LogP contribution in [0.15, 0.2) is 36.4 Å². The molecule has 2 aromatic rings. The van der Waals surface area contributed by atoms with E-state index in [1.807, 2.05) is 0 Å². The molecule has 1 heterocycles. The quantitative estimate of drug-likeness (QED) is 0.838. The molecule has 1 aliphatic heterocycles. The molecule has 3 N–H and O–H groups in total. The molecule has 0 bridgehead atoms. The van der Waals surface area contributed by atoms with Crippen molar-refractivity contribution >= 4 is 11.7 Å². The van der Waals surface area contributed by atoms with Crippen LogP contribution in [-0.4, -0.2) is 17.9 Å². The van der Waals surface area contributed by atoms with Crippen molar-refractivity contribution in [3.63, 3.8) is 0 Å². The van der Waals surface area contributed by atoms with Crippen LogP contribution in [0.3, 0.4) is 0 Å². The van der Waals surface area contributed by atoms with Gasteiger partial charge in [0.1, 0.15) is 12.4 Å². The molecule has 1 aliphatic rings. The fourth-order valence-corrected chi connectivity index (χ4v) is 2.13. The first-order chi connectivity index (χ1) is 10.1. The first-order valence-corrected chi connectivity index (χ1v) is 6.28. The van der Waals surface area contributed by atoms with Gasteiger partial charge in [0.05, 0.1) is 5.56 Å². The normalized spacial score (nSPS) is 12.2. The van der Waals surface area contributed by atoms with Crippen molar-refractivity contribution < 1.29 is 24.1 Å². The second kappa shape index (κ2) is 5.24. The molecule has 3 rings (SSSR count). The van der Waals surface area contributed by atoms with E-state index in [2.05, 4.69) is 0 Å². The summed E-state index contributed by atoms with van der Waals surface area (Å²) in [5.74, 6) is 0.770. The van der Waals surface area contributed by atoms with Crippen molar-refractivity contribution in [2.24, 2.45) is 0 Å². The second-order valence-electron chi connectivity index (χ2n) is 4.49. The Labute approximate surface area is 120 Å². The molecule has 0 atom stereocenters. The van der Waals surface area contributed by atoms with Gasteiger partial charge in [-0.15, -0.1) is 0 Å². The third-order valence-corrected chi connectivity index (χ3v) is 3.14. The highest BCUT2D eigenvalue weighted by Crippen LogP contribution is 2.35. The monoisotopic (exact) mass is 287 g/mol. The molecule has 0 fully saturated rings. The number of rotatable bonds is 4. The molecule has 0 amide bonds. The van der Waals surface area contributed by atoms with Gasteiger partial charge in [0.2, 0.25) is 6.79 Å². The lowest BCUT2D eigenvalue weighted by Gasteiger charge is -2.10. The van der Waals surface area contributed by atoms with E-state index in [0.29, 0.717) is 22.8 Å². The van der Waals surface area contributed by atoms with Gasteiger partial charge in [-0.05, 0) is 18.2 Å². The smallest absolute Gasteiger partial charge is 0.338 e. The summed E-state index contributed by atoms with van der Waals surface area (Å²) < 4.78 is 16.1. The van der Waals surface area contributed by atoms with Crippen molar-refractivity contribution in [3.05, 3.63) is 47.5 Å². The molecular weight excluding hydrogens is 274 g/mol. The lowest BCUT2D eigenvalue weighted by atomic mass is 10.1. The minimum absolute atomic E-state index is 0.0678. The summed E-state index contributed by atoms with van der Waals surface area (Å²) in [5.41, 5.74) is 6.49. The zero-order valence-electron chi connectivity index (χ0n) is 11.0. The van der Waals surface area contributed by atoms with Gasteiger partial charge in [0.15, 0.2) is 11.5 Å². The summed E-state index contributed by atoms with van der Waals surface area (Å²) in [5, 5.41) is 9.20. The molecule has 0 saturated heterocycles. The molecular formula is C15H13NO5. The maximum Gasteiger partial charge on any atom is 0.338 e. The predicted molar refractivity (Wildman–Crippen MR) is 74.7 cm³/mol. The van der Waals surface area contributed by atoms with E-state index < -0.39 is 5.97 Å². The number of carbonyl (C=O) groups is 1. The number of nitrogen functional groups attached to an aromatic ring is 1. The maximum absolute atomic E-state index is 11.2. The number of ether oxygens (including phenoxy) is 3. The van der Waals surface area contributed by atoms with E-state index in [1.54, 1.807) is 36.4 Å². The van der Waals surface area contributed by atoms with Crippen molar-refractivity contribution in [3.8, 4) is 17.2 Å². The topological polar surface area (TPSA) is 91.0 Å². The molecule has 6 heteroatoms. The summed E-state index contributed by atoms with van der Waals surface area (Å²) in [6.45, 7) is 0.295. The van der Waals surface area contributed by atoms with Crippen molar-refractivity contribution in [1.29, 1.82) is 0 Å². The van der Waals surface area contributed by atoms with Gasteiger partial charge in [-0.25, -0.2) is 4.79 Å². The standard InChI is InChI=1S/C15H13NO5/c16-11-3-1-2-9(14(11)15(17)18)7-19-10-4-5-12-13(6-10)21-8-20-12/h1-6H,7-8,16H2,(H,17,18). The maximum atomic E-state index is 11.2. The van der Waals surface area contributed by atoms with Crippen molar-refractivity contribution in [2.75, 3.05) is 12.5 Å². The highest BCUT2D eigenvalue weighted by molar-refractivity contribution is 5.95. The van der Waals surface area contributed by atoms with Crippen LogP contribution >= 0.6 is 0 Å².